The van der Waals surface area contributed by atoms with Gasteiger partial charge in [-0.2, -0.15) is 0 Å². The van der Waals surface area contributed by atoms with Gasteiger partial charge in [-0.15, -0.1) is 0 Å². The van der Waals surface area contributed by atoms with Crippen LogP contribution in [0.2, 0.25) is 0 Å². The van der Waals surface area contributed by atoms with Crippen molar-refractivity contribution in [3.05, 3.63) is 58.7 Å². The van der Waals surface area contributed by atoms with Crippen LogP contribution in [0, 0.1) is 20.8 Å². The molecule has 0 aliphatic rings. The quantitative estimate of drug-likeness (QED) is 0.614. The zero-order valence-corrected chi connectivity index (χ0v) is 17.6. The average Bonchev–Trinajstić information content (AvgIpc) is 3.02. The maximum absolute atomic E-state index is 13.3. The first-order valence-corrected chi connectivity index (χ1v) is 10.1. The predicted octanol–water partition coefficient (Wildman–Crippen LogP) is 4.82. The van der Waals surface area contributed by atoms with Crippen LogP contribution in [0.1, 0.15) is 33.5 Å². The normalized spacial score (nSPS) is 11.3. The number of amides is 1. The van der Waals surface area contributed by atoms with Gasteiger partial charge in [-0.3, -0.25) is 9.69 Å². The van der Waals surface area contributed by atoms with Gasteiger partial charge in [-0.25, -0.2) is 4.98 Å². The molecule has 27 heavy (non-hydrogen) atoms. The molecule has 142 valence electrons. The molecule has 5 heteroatoms. The SMILES string of the molecule is Cc1cccc(C(=O)N(CCCN(C)C)c2nc3cc(C)cc(C)c3s2)c1. The number of hydrogen-bond donors (Lipinski definition) is 0. The van der Waals surface area contributed by atoms with Gasteiger partial charge < -0.3 is 4.90 Å². The van der Waals surface area contributed by atoms with Gasteiger partial charge in [0.1, 0.15) is 0 Å². The molecule has 0 saturated carbocycles. The molecule has 4 nitrogen and oxygen atoms in total. The van der Waals surface area contributed by atoms with E-state index in [1.54, 1.807) is 11.3 Å². The molecule has 0 spiro atoms. The lowest BCUT2D eigenvalue weighted by molar-refractivity contribution is 0.0986. The Morgan fingerprint density at radius 2 is 1.81 bits per heavy atom. The van der Waals surface area contributed by atoms with E-state index < -0.39 is 0 Å². The van der Waals surface area contributed by atoms with E-state index in [0.29, 0.717) is 12.1 Å². The van der Waals surface area contributed by atoms with E-state index in [0.717, 1.165) is 33.9 Å². The molecule has 1 heterocycles. The van der Waals surface area contributed by atoms with Gasteiger partial charge in [0.2, 0.25) is 0 Å². The van der Waals surface area contributed by atoms with Gasteiger partial charge in [0.15, 0.2) is 5.13 Å². The Hall–Kier alpha value is -2.24. The molecule has 0 unspecified atom stereocenters. The number of benzene rings is 2. The Kier molecular flexibility index (Phi) is 5.92. The number of aromatic nitrogens is 1. The summed E-state index contributed by atoms with van der Waals surface area (Å²) in [7, 11) is 4.10. The molecule has 0 radical (unpaired) electrons. The summed E-state index contributed by atoms with van der Waals surface area (Å²) < 4.78 is 1.16. The first-order chi connectivity index (χ1) is 12.8. The number of hydrogen-bond acceptors (Lipinski definition) is 4. The predicted molar refractivity (Wildman–Crippen MR) is 115 cm³/mol. The molecule has 2 aromatic carbocycles. The average molecular weight is 382 g/mol. The monoisotopic (exact) mass is 381 g/mol. The third kappa shape index (κ3) is 4.54. The number of nitrogens with zero attached hydrogens (tertiary/aromatic N) is 3. The Morgan fingerprint density at radius 1 is 1.04 bits per heavy atom. The summed E-state index contributed by atoms with van der Waals surface area (Å²) in [4.78, 5) is 22.1. The Bertz CT molecular complexity index is 961. The summed E-state index contributed by atoms with van der Waals surface area (Å²) in [5.41, 5.74) is 5.19. The van der Waals surface area contributed by atoms with Crippen molar-refractivity contribution in [2.45, 2.75) is 27.2 Å². The maximum atomic E-state index is 13.3. The largest absolute Gasteiger partial charge is 0.309 e. The molecule has 3 aromatic rings. The van der Waals surface area contributed by atoms with Crippen LogP contribution in [-0.4, -0.2) is 43.0 Å². The molecular weight excluding hydrogens is 354 g/mol. The topological polar surface area (TPSA) is 36.4 Å². The number of fused-ring (bicyclic) bond motifs is 1. The highest BCUT2D eigenvalue weighted by Crippen LogP contribution is 2.33. The molecule has 0 bridgehead atoms. The van der Waals surface area contributed by atoms with E-state index in [1.807, 2.05) is 36.1 Å². The van der Waals surface area contributed by atoms with Crippen molar-refractivity contribution in [3.8, 4) is 0 Å². The van der Waals surface area contributed by atoms with Gasteiger partial charge >= 0.3 is 0 Å². The van der Waals surface area contributed by atoms with Crippen molar-refractivity contribution in [1.82, 2.24) is 9.88 Å². The molecule has 0 saturated heterocycles. The smallest absolute Gasteiger partial charge is 0.260 e. The summed E-state index contributed by atoms with van der Waals surface area (Å²) in [6.45, 7) is 7.79. The fraction of sp³-hybridized carbons (Fsp3) is 0.364. The van der Waals surface area contributed by atoms with Gasteiger partial charge in [0.25, 0.3) is 5.91 Å². The number of thiazole rings is 1. The third-order valence-corrected chi connectivity index (χ3v) is 5.77. The fourth-order valence-corrected chi connectivity index (χ4v) is 4.28. The van der Waals surface area contributed by atoms with E-state index in [2.05, 4.69) is 45.0 Å². The van der Waals surface area contributed by atoms with Crippen LogP contribution in [0.5, 0.6) is 0 Å². The van der Waals surface area contributed by atoms with E-state index >= 15 is 0 Å². The highest BCUT2D eigenvalue weighted by Gasteiger charge is 2.21. The highest BCUT2D eigenvalue weighted by atomic mass is 32.1. The van der Waals surface area contributed by atoms with Crippen molar-refractivity contribution in [2.75, 3.05) is 32.1 Å². The van der Waals surface area contributed by atoms with Crippen LogP contribution in [0.3, 0.4) is 0 Å². The van der Waals surface area contributed by atoms with Gasteiger partial charge in [-0.1, -0.05) is 35.1 Å². The van der Waals surface area contributed by atoms with E-state index in [4.69, 9.17) is 4.98 Å². The van der Waals surface area contributed by atoms with Crippen LogP contribution in [0.25, 0.3) is 10.2 Å². The second-order valence-electron chi connectivity index (χ2n) is 7.41. The molecule has 0 aliphatic carbocycles. The molecule has 0 aliphatic heterocycles. The lowest BCUT2D eigenvalue weighted by atomic mass is 10.1. The maximum Gasteiger partial charge on any atom is 0.260 e. The number of rotatable bonds is 6. The summed E-state index contributed by atoms with van der Waals surface area (Å²) in [5, 5.41) is 0.781. The van der Waals surface area contributed by atoms with Crippen molar-refractivity contribution in [2.24, 2.45) is 0 Å². The number of carbonyl (C=O) groups excluding carboxylic acids is 1. The molecule has 0 fully saturated rings. The fourth-order valence-electron chi connectivity index (χ4n) is 3.24. The van der Waals surface area contributed by atoms with Gasteiger partial charge in [0.05, 0.1) is 10.2 Å². The standard InChI is InChI=1S/C22H27N3OS/c1-15-8-6-9-18(13-15)21(26)25(11-7-10-24(4)5)22-23-19-14-16(2)12-17(3)20(19)27-22/h6,8-9,12-14H,7,10-11H2,1-5H3. The summed E-state index contributed by atoms with van der Waals surface area (Å²) in [5.74, 6) is 0.0193. The lowest BCUT2D eigenvalue weighted by Crippen LogP contribution is -2.33. The van der Waals surface area contributed by atoms with Crippen molar-refractivity contribution in [3.63, 3.8) is 0 Å². The summed E-state index contributed by atoms with van der Waals surface area (Å²) in [6.07, 6.45) is 0.901. The van der Waals surface area contributed by atoms with Crippen molar-refractivity contribution < 1.29 is 4.79 Å². The minimum absolute atomic E-state index is 0.0193. The number of anilines is 1. The summed E-state index contributed by atoms with van der Waals surface area (Å²) >= 11 is 1.61. The Labute approximate surface area is 165 Å². The van der Waals surface area contributed by atoms with Crippen molar-refractivity contribution in [1.29, 1.82) is 0 Å². The molecule has 1 amide bonds. The number of aryl methyl sites for hydroxylation is 3. The van der Waals surface area contributed by atoms with Crippen molar-refractivity contribution >= 4 is 32.6 Å². The minimum Gasteiger partial charge on any atom is -0.309 e. The molecule has 1 aromatic heterocycles. The molecule has 0 N–H and O–H groups in total. The first-order valence-electron chi connectivity index (χ1n) is 9.26. The first kappa shape index (κ1) is 19.5. The van der Waals surface area contributed by atoms with E-state index in [-0.39, 0.29) is 5.91 Å². The second-order valence-corrected chi connectivity index (χ2v) is 8.39. The third-order valence-electron chi connectivity index (χ3n) is 4.54. The molecule has 3 rings (SSSR count). The minimum atomic E-state index is 0.0193. The second kappa shape index (κ2) is 8.19. The van der Waals surface area contributed by atoms with Crippen LogP contribution < -0.4 is 4.90 Å². The summed E-state index contributed by atoms with van der Waals surface area (Å²) in [6, 6.07) is 12.0. The Balaban J connectivity index is 1.98. The van der Waals surface area contributed by atoms with E-state index in [1.165, 1.54) is 11.1 Å². The molecule has 0 atom stereocenters. The van der Waals surface area contributed by atoms with Gasteiger partial charge in [0, 0.05) is 12.1 Å². The van der Waals surface area contributed by atoms with Crippen LogP contribution >= 0.6 is 11.3 Å². The zero-order chi connectivity index (χ0) is 19.6. The number of carbonyl (C=O) groups is 1. The zero-order valence-electron chi connectivity index (χ0n) is 16.7. The van der Waals surface area contributed by atoms with Crippen LogP contribution in [0.15, 0.2) is 36.4 Å². The Morgan fingerprint density at radius 3 is 2.52 bits per heavy atom. The lowest BCUT2D eigenvalue weighted by Gasteiger charge is -2.21. The molecular formula is C22H27N3OS. The highest BCUT2D eigenvalue weighted by molar-refractivity contribution is 7.22. The van der Waals surface area contributed by atoms with Crippen LogP contribution in [0.4, 0.5) is 5.13 Å². The van der Waals surface area contributed by atoms with E-state index in [9.17, 15) is 4.79 Å². The van der Waals surface area contributed by atoms with Crippen LogP contribution in [-0.2, 0) is 0 Å². The van der Waals surface area contributed by atoms with Gasteiger partial charge in [-0.05, 0) is 77.2 Å².